The van der Waals surface area contributed by atoms with E-state index in [1.54, 1.807) is 12.1 Å². The van der Waals surface area contributed by atoms with Gasteiger partial charge in [0.1, 0.15) is 0 Å². The van der Waals surface area contributed by atoms with Crippen molar-refractivity contribution in [2.24, 2.45) is 5.92 Å². The van der Waals surface area contributed by atoms with Gasteiger partial charge in [-0.25, -0.2) is 4.79 Å². The lowest BCUT2D eigenvalue weighted by Gasteiger charge is -2.22. The Balaban J connectivity index is 2.71. The second kappa shape index (κ2) is 7.53. The van der Waals surface area contributed by atoms with E-state index in [-0.39, 0.29) is 18.5 Å². The summed E-state index contributed by atoms with van der Waals surface area (Å²) in [4.78, 5) is 22.8. The molecule has 2 atom stereocenters. The highest BCUT2D eigenvalue weighted by molar-refractivity contribution is 5.76. The highest BCUT2D eigenvalue weighted by Gasteiger charge is 2.19. The number of benzene rings is 1. The monoisotopic (exact) mass is 278 g/mol. The van der Waals surface area contributed by atoms with Crippen LogP contribution in [-0.2, 0) is 4.79 Å². The normalized spacial score (nSPS) is 13.6. The summed E-state index contributed by atoms with van der Waals surface area (Å²) in [6.07, 6.45) is -0.145. The van der Waals surface area contributed by atoms with Gasteiger partial charge in [0.2, 0.25) is 0 Å². The van der Waals surface area contributed by atoms with Gasteiger partial charge in [0, 0.05) is 6.04 Å². The number of hydrogen-bond donors (Lipinski definition) is 3. The van der Waals surface area contributed by atoms with Crippen LogP contribution < -0.4 is 10.6 Å². The molecule has 110 valence electrons. The molecule has 0 heterocycles. The van der Waals surface area contributed by atoms with Gasteiger partial charge in [0.25, 0.3) is 0 Å². The lowest BCUT2D eigenvalue weighted by Crippen LogP contribution is -2.44. The molecule has 0 saturated carbocycles. The van der Waals surface area contributed by atoms with Crippen molar-refractivity contribution in [3.05, 3.63) is 35.9 Å². The lowest BCUT2D eigenvalue weighted by atomic mass is 10.0. The van der Waals surface area contributed by atoms with Crippen LogP contribution in [0.25, 0.3) is 0 Å². The number of nitrogens with one attached hydrogen (secondary N) is 2. The maximum Gasteiger partial charge on any atom is 0.315 e. The summed E-state index contributed by atoms with van der Waals surface area (Å²) in [7, 11) is 0. The predicted molar refractivity (Wildman–Crippen MR) is 77.4 cm³/mol. The minimum Gasteiger partial charge on any atom is -0.481 e. The number of carboxylic acid groups (broad SMARTS) is 1. The lowest BCUT2D eigenvalue weighted by molar-refractivity contribution is -0.137. The van der Waals surface area contributed by atoms with Crippen LogP contribution in [0.2, 0.25) is 0 Å². The van der Waals surface area contributed by atoms with Crippen molar-refractivity contribution in [1.29, 1.82) is 0 Å². The summed E-state index contributed by atoms with van der Waals surface area (Å²) >= 11 is 0. The van der Waals surface area contributed by atoms with Gasteiger partial charge in [-0.15, -0.1) is 0 Å². The van der Waals surface area contributed by atoms with Crippen LogP contribution in [0.3, 0.4) is 0 Å². The van der Waals surface area contributed by atoms with Crippen molar-refractivity contribution in [3.63, 3.8) is 0 Å². The molecule has 1 rings (SSSR count). The van der Waals surface area contributed by atoms with E-state index >= 15 is 0 Å². The van der Waals surface area contributed by atoms with Crippen LogP contribution in [0.4, 0.5) is 4.79 Å². The molecule has 0 radical (unpaired) electrons. The Morgan fingerprint density at radius 1 is 1.10 bits per heavy atom. The predicted octanol–water partition coefficient (Wildman–Crippen LogP) is 2.55. The van der Waals surface area contributed by atoms with E-state index in [1.807, 2.05) is 39.0 Å². The summed E-state index contributed by atoms with van der Waals surface area (Å²) in [5, 5.41) is 14.5. The van der Waals surface area contributed by atoms with Crippen molar-refractivity contribution < 1.29 is 14.7 Å². The number of hydrogen-bond acceptors (Lipinski definition) is 2. The number of carbonyl (C=O) groups excluding carboxylic acids is 1. The molecule has 0 spiro atoms. The van der Waals surface area contributed by atoms with Crippen molar-refractivity contribution in [1.82, 2.24) is 10.6 Å². The summed E-state index contributed by atoms with van der Waals surface area (Å²) < 4.78 is 0. The van der Waals surface area contributed by atoms with Crippen LogP contribution in [0.1, 0.15) is 38.8 Å². The molecule has 0 aliphatic carbocycles. The van der Waals surface area contributed by atoms with Gasteiger partial charge >= 0.3 is 12.0 Å². The molecule has 1 aromatic carbocycles. The Labute approximate surface area is 119 Å². The molecule has 5 nitrogen and oxygen atoms in total. The van der Waals surface area contributed by atoms with Gasteiger partial charge in [0.05, 0.1) is 12.5 Å². The highest BCUT2D eigenvalue weighted by atomic mass is 16.4. The van der Waals surface area contributed by atoms with Crippen LogP contribution in [0.5, 0.6) is 0 Å². The summed E-state index contributed by atoms with van der Waals surface area (Å²) in [5.41, 5.74) is 0.780. The standard InChI is InChI=1S/C15H22N2O3/c1-10(2)11(3)16-15(20)17-13(9-14(18)19)12-7-5-4-6-8-12/h4-8,10-11,13H,9H2,1-3H3,(H,18,19)(H2,16,17,20). The van der Waals surface area contributed by atoms with Crippen molar-refractivity contribution in [2.75, 3.05) is 0 Å². The smallest absolute Gasteiger partial charge is 0.315 e. The number of urea groups is 1. The molecule has 0 aromatic heterocycles. The Morgan fingerprint density at radius 2 is 1.70 bits per heavy atom. The quantitative estimate of drug-likeness (QED) is 0.748. The Kier molecular flexibility index (Phi) is 6.03. The molecule has 1 aromatic rings. The first kappa shape index (κ1) is 16.0. The highest BCUT2D eigenvalue weighted by Crippen LogP contribution is 2.16. The van der Waals surface area contributed by atoms with Gasteiger partial charge < -0.3 is 15.7 Å². The van der Waals surface area contributed by atoms with Crippen molar-refractivity contribution in [2.45, 2.75) is 39.3 Å². The summed E-state index contributed by atoms with van der Waals surface area (Å²) in [6, 6.07) is 8.24. The van der Waals surface area contributed by atoms with Gasteiger partial charge in [-0.1, -0.05) is 44.2 Å². The molecule has 2 amide bonds. The molecule has 0 aliphatic heterocycles. The van der Waals surface area contributed by atoms with Crippen LogP contribution in [0, 0.1) is 5.92 Å². The number of carbonyl (C=O) groups is 2. The fraction of sp³-hybridized carbons (Fsp3) is 0.467. The van der Waals surface area contributed by atoms with E-state index in [1.165, 1.54) is 0 Å². The molecule has 0 bridgehead atoms. The first-order valence-corrected chi connectivity index (χ1v) is 6.74. The van der Waals surface area contributed by atoms with E-state index in [4.69, 9.17) is 5.11 Å². The second-order valence-electron chi connectivity index (χ2n) is 5.21. The third kappa shape index (κ3) is 5.30. The molecule has 0 aliphatic rings. The van der Waals surface area contributed by atoms with Gasteiger partial charge in [-0.3, -0.25) is 4.79 Å². The van der Waals surface area contributed by atoms with E-state index in [9.17, 15) is 9.59 Å². The van der Waals surface area contributed by atoms with E-state index in [2.05, 4.69) is 10.6 Å². The number of aliphatic carboxylic acids is 1. The minimum absolute atomic E-state index is 0.0243. The number of rotatable bonds is 6. The van der Waals surface area contributed by atoms with E-state index in [0.717, 1.165) is 5.56 Å². The molecule has 3 N–H and O–H groups in total. The SMILES string of the molecule is CC(C)C(C)NC(=O)NC(CC(=O)O)c1ccccc1. The second-order valence-corrected chi connectivity index (χ2v) is 5.21. The van der Waals surface area contributed by atoms with Crippen LogP contribution in [-0.4, -0.2) is 23.1 Å². The number of carboxylic acids is 1. The van der Waals surface area contributed by atoms with E-state index < -0.39 is 12.0 Å². The van der Waals surface area contributed by atoms with Crippen molar-refractivity contribution in [3.8, 4) is 0 Å². The third-order valence-electron chi connectivity index (χ3n) is 3.24. The van der Waals surface area contributed by atoms with Crippen LogP contribution in [0.15, 0.2) is 30.3 Å². The molecular formula is C15H22N2O3. The number of amides is 2. The third-order valence-corrected chi connectivity index (χ3v) is 3.24. The first-order chi connectivity index (χ1) is 9.40. The first-order valence-electron chi connectivity index (χ1n) is 6.74. The fourth-order valence-electron chi connectivity index (χ4n) is 1.69. The minimum atomic E-state index is -0.948. The zero-order chi connectivity index (χ0) is 15.1. The van der Waals surface area contributed by atoms with E-state index in [0.29, 0.717) is 5.92 Å². The maximum absolute atomic E-state index is 11.9. The maximum atomic E-state index is 11.9. The molecule has 0 fully saturated rings. The average molecular weight is 278 g/mol. The van der Waals surface area contributed by atoms with Crippen LogP contribution >= 0.6 is 0 Å². The Hall–Kier alpha value is -2.04. The van der Waals surface area contributed by atoms with Crippen molar-refractivity contribution >= 4 is 12.0 Å². The summed E-state index contributed by atoms with van der Waals surface area (Å²) in [5.74, 6) is -0.633. The Bertz CT molecular complexity index is 446. The van der Waals surface area contributed by atoms with Gasteiger partial charge in [-0.05, 0) is 18.4 Å². The molecule has 2 unspecified atom stereocenters. The zero-order valence-electron chi connectivity index (χ0n) is 12.1. The van der Waals surface area contributed by atoms with Gasteiger partial charge in [-0.2, -0.15) is 0 Å². The molecular weight excluding hydrogens is 256 g/mol. The molecule has 20 heavy (non-hydrogen) atoms. The Morgan fingerprint density at radius 3 is 2.20 bits per heavy atom. The van der Waals surface area contributed by atoms with Gasteiger partial charge in [0.15, 0.2) is 0 Å². The fourth-order valence-corrected chi connectivity index (χ4v) is 1.69. The molecule has 0 saturated heterocycles. The molecule has 5 heteroatoms. The zero-order valence-corrected chi connectivity index (χ0v) is 12.1. The topological polar surface area (TPSA) is 78.4 Å². The summed E-state index contributed by atoms with van der Waals surface area (Å²) in [6.45, 7) is 5.94. The largest absolute Gasteiger partial charge is 0.481 e. The average Bonchev–Trinajstić information content (AvgIpc) is 2.38.